The van der Waals surface area contributed by atoms with E-state index < -0.39 is 5.82 Å². The first-order valence-electron chi connectivity index (χ1n) is 6.44. The second-order valence-electron chi connectivity index (χ2n) is 4.26. The van der Waals surface area contributed by atoms with Crippen LogP contribution >= 0.6 is 11.6 Å². The first-order chi connectivity index (χ1) is 10.2. The zero-order valence-corrected chi connectivity index (χ0v) is 12.2. The van der Waals surface area contributed by atoms with Crippen LogP contribution in [-0.2, 0) is 0 Å². The second kappa shape index (κ2) is 6.92. The molecule has 2 aromatic carbocycles. The lowest BCUT2D eigenvalue weighted by Crippen LogP contribution is -1.94. The number of nitrogens with zero attached hydrogens (tertiary/aromatic N) is 1. The summed E-state index contributed by atoms with van der Waals surface area (Å²) in [5.41, 5.74) is 1.11. The molecular weight excluding hydrogens is 289 g/mol. The Morgan fingerprint density at radius 1 is 1.33 bits per heavy atom. The molecule has 0 aliphatic rings. The molecule has 0 saturated carbocycles. The van der Waals surface area contributed by atoms with Crippen molar-refractivity contribution in [1.82, 2.24) is 0 Å². The molecule has 0 aromatic heterocycles. The number of allylic oxidation sites excluding steroid dienone is 1. The van der Waals surface area contributed by atoms with Crippen molar-refractivity contribution in [3.05, 3.63) is 64.4 Å². The lowest BCUT2D eigenvalue weighted by molar-refractivity contribution is 0.339. The van der Waals surface area contributed by atoms with Gasteiger partial charge in [0.1, 0.15) is 11.6 Å². The van der Waals surface area contributed by atoms with Gasteiger partial charge in [-0.2, -0.15) is 5.26 Å². The number of hydrogen-bond donors (Lipinski definition) is 0. The molecule has 0 amide bonds. The van der Waals surface area contributed by atoms with Crippen LogP contribution in [0, 0.1) is 17.1 Å². The molecule has 0 saturated heterocycles. The van der Waals surface area contributed by atoms with Crippen molar-refractivity contribution in [1.29, 1.82) is 5.26 Å². The summed E-state index contributed by atoms with van der Waals surface area (Å²) in [6.45, 7) is 2.36. The third-order valence-electron chi connectivity index (χ3n) is 2.86. The zero-order valence-electron chi connectivity index (χ0n) is 11.4. The number of benzene rings is 2. The predicted molar refractivity (Wildman–Crippen MR) is 82.5 cm³/mol. The number of rotatable bonds is 4. The van der Waals surface area contributed by atoms with Gasteiger partial charge in [0.05, 0.1) is 18.2 Å². The highest BCUT2D eigenvalue weighted by atomic mass is 35.5. The molecule has 0 N–H and O–H groups in total. The first kappa shape index (κ1) is 15.1. The van der Waals surface area contributed by atoms with Crippen LogP contribution in [0.4, 0.5) is 4.39 Å². The summed E-state index contributed by atoms with van der Waals surface area (Å²) in [7, 11) is 0. The molecule has 4 heteroatoms. The van der Waals surface area contributed by atoms with Gasteiger partial charge in [0, 0.05) is 16.1 Å². The monoisotopic (exact) mass is 301 g/mol. The molecule has 2 aromatic rings. The predicted octanol–water partition coefficient (Wildman–Crippen LogP) is 4.94. The number of ether oxygens (including phenoxy) is 1. The summed E-state index contributed by atoms with van der Waals surface area (Å²) < 4.78 is 19.3. The quantitative estimate of drug-likeness (QED) is 0.592. The normalized spacial score (nSPS) is 11.0. The van der Waals surface area contributed by atoms with E-state index in [1.54, 1.807) is 42.5 Å². The topological polar surface area (TPSA) is 33.0 Å². The third kappa shape index (κ3) is 3.62. The van der Waals surface area contributed by atoms with Gasteiger partial charge in [0.15, 0.2) is 0 Å². The maximum Gasteiger partial charge on any atom is 0.131 e. The van der Waals surface area contributed by atoms with Gasteiger partial charge in [-0.05, 0) is 37.3 Å². The van der Waals surface area contributed by atoms with Crippen LogP contribution in [0.2, 0.25) is 5.02 Å². The smallest absolute Gasteiger partial charge is 0.131 e. The number of halogens is 2. The molecule has 0 heterocycles. The Balaban J connectivity index is 2.53. The largest absolute Gasteiger partial charge is 0.493 e. The maximum absolute atomic E-state index is 13.8. The van der Waals surface area contributed by atoms with Crippen molar-refractivity contribution < 1.29 is 9.13 Å². The van der Waals surface area contributed by atoms with Gasteiger partial charge in [0.2, 0.25) is 0 Å². The van der Waals surface area contributed by atoms with Gasteiger partial charge in [-0.15, -0.1) is 0 Å². The van der Waals surface area contributed by atoms with E-state index in [2.05, 4.69) is 0 Å². The fourth-order valence-corrected chi connectivity index (χ4v) is 2.10. The minimum Gasteiger partial charge on any atom is -0.493 e. The van der Waals surface area contributed by atoms with Crippen LogP contribution in [0.25, 0.3) is 11.6 Å². The van der Waals surface area contributed by atoms with Gasteiger partial charge in [-0.3, -0.25) is 0 Å². The van der Waals surface area contributed by atoms with E-state index >= 15 is 0 Å². The molecule has 0 fully saturated rings. The van der Waals surface area contributed by atoms with Crippen molar-refractivity contribution in [2.24, 2.45) is 0 Å². The highest BCUT2D eigenvalue weighted by molar-refractivity contribution is 6.30. The van der Waals surface area contributed by atoms with E-state index in [-0.39, 0.29) is 11.1 Å². The van der Waals surface area contributed by atoms with Crippen LogP contribution in [0.3, 0.4) is 0 Å². The summed E-state index contributed by atoms with van der Waals surface area (Å²) in [5, 5.41) is 9.82. The average molecular weight is 302 g/mol. The minimum absolute atomic E-state index is 0.219. The van der Waals surface area contributed by atoms with Crippen LogP contribution in [0.15, 0.2) is 42.5 Å². The summed E-state index contributed by atoms with van der Waals surface area (Å²) >= 11 is 5.98. The minimum atomic E-state index is -0.440. The lowest BCUT2D eigenvalue weighted by Gasteiger charge is -2.08. The maximum atomic E-state index is 13.8. The zero-order chi connectivity index (χ0) is 15.2. The third-order valence-corrected chi connectivity index (χ3v) is 3.09. The standard InChI is InChI=1S/C17H13ClFNO/c1-2-21-17-8-7-14(18)10-12(17)9-13(11-20)15-5-3-4-6-16(15)19/h3-10H,2H2,1H3/b13-9+. The molecule has 0 unspecified atom stereocenters. The molecule has 0 bridgehead atoms. The molecule has 0 aliphatic heterocycles. The Labute approximate surface area is 128 Å². The highest BCUT2D eigenvalue weighted by Crippen LogP contribution is 2.28. The van der Waals surface area contributed by atoms with Crippen LogP contribution < -0.4 is 4.74 Å². The first-order valence-corrected chi connectivity index (χ1v) is 6.82. The van der Waals surface area contributed by atoms with Crippen molar-refractivity contribution in [3.8, 4) is 11.8 Å². The molecular formula is C17H13ClFNO. The van der Waals surface area contributed by atoms with Crippen molar-refractivity contribution in [2.75, 3.05) is 6.61 Å². The Morgan fingerprint density at radius 3 is 2.76 bits per heavy atom. The van der Waals surface area contributed by atoms with E-state index in [4.69, 9.17) is 16.3 Å². The van der Waals surface area contributed by atoms with E-state index in [1.807, 2.05) is 13.0 Å². The number of hydrogen-bond acceptors (Lipinski definition) is 2. The number of nitriles is 1. The lowest BCUT2D eigenvalue weighted by atomic mass is 10.0. The fourth-order valence-electron chi connectivity index (χ4n) is 1.92. The molecule has 2 rings (SSSR count). The summed E-state index contributed by atoms with van der Waals surface area (Å²) in [6.07, 6.45) is 1.58. The van der Waals surface area contributed by atoms with Gasteiger partial charge in [-0.1, -0.05) is 29.8 Å². The van der Waals surface area contributed by atoms with Gasteiger partial charge < -0.3 is 4.74 Å². The summed E-state index contributed by atoms with van der Waals surface area (Å²) in [6, 6.07) is 13.3. The van der Waals surface area contributed by atoms with E-state index in [0.717, 1.165) is 0 Å². The Hall–Kier alpha value is -2.31. The molecule has 2 nitrogen and oxygen atoms in total. The Bertz CT molecular complexity index is 719. The van der Waals surface area contributed by atoms with E-state index in [1.165, 1.54) is 6.07 Å². The van der Waals surface area contributed by atoms with Crippen molar-refractivity contribution in [2.45, 2.75) is 6.92 Å². The molecule has 106 valence electrons. The second-order valence-corrected chi connectivity index (χ2v) is 4.70. The molecule has 0 radical (unpaired) electrons. The van der Waals surface area contributed by atoms with Crippen LogP contribution in [0.1, 0.15) is 18.1 Å². The molecule has 0 aliphatic carbocycles. The molecule has 21 heavy (non-hydrogen) atoms. The van der Waals surface area contributed by atoms with Crippen molar-refractivity contribution in [3.63, 3.8) is 0 Å². The van der Waals surface area contributed by atoms with Crippen molar-refractivity contribution >= 4 is 23.3 Å². The van der Waals surface area contributed by atoms with Crippen LogP contribution in [-0.4, -0.2) is 6.61 Å². The SMILES string of the molecule is CCOc1ccc(Cl)cc1/C=C(\C#N)c1ccccc1F. The van der Waals surface area contributed by atoms with Gasteiger partial charge in [-0.25, -0.2) is 4.39 Å². The molecule has 0 atom stereocenters. The van der Waals surface area contributed by atoms with E-state index in [9.17, 15) is 9.65 Å². The fraction of sp³-hybridized carbons (Fsp3) is 0.118. The van der Waals surface area contributed by atoms with Gasteiger partial charge >= 0.3 is 0 Å². The van der Waals surface area contributed by atoms with E-state index in [0.29, 0.717) is 22.9 Å². The average Bonchev–Trinajstić information content (AvgIpc) is 2.48. The van der Waals surface area contributed by atoms with Gasteiger partial charge in [0.25, 0.3) is 0 Å². The molecule has 0 spiro atoms. The Morgan fingerprint density at radius 2 is 2.10 bits per heavy atom. The Kier molecular flexibility index (Phi) is 4.97. The highest BCUT2D eigenvalue weighted by Gasteiger charge is 2.09. The summed E-state index contributed by atoms with van der Waals surface area (Å²) in [5.74, 6) is 0.163. The van der Waals surface area contributed by atoms with Crippen LogP contribution in [0.5, 0.6) is 5.75 Å². The summed E-state index contributed by atoms with van der Waals surface area (Å²) in [4.78, 5) is 0.